The number of H-pyrrole nitrogens is 1. The molecule has 0 aliphatic rings. The molecule has 4 aromatic rings. The number of pyridine rings is 1. The van der Waals surface area contributed by atoms with Gasteiger partial charge < -0.3 is 5.32 Å². The molecule has 3 aromatic heterocycles. The first-order valence-electron chi connectivity index (χ1n) is 8.59. The summed E-state index contributed by atoms with van der Waals surface area (Å²) in [5, 5.41) is 10.2. The number of nitrogens with zero attached hydrogens (tertiary/aromatic N) is 2. The summed E-state index contributed by atoms with van der Waals surface area (Å²) in [6.45, 7) is 2.05. The molecule has 0 bridgehead atoms. The number of aryl methyl sites for hydroxylation is 1. The van der Waals surface area contributed by atoms with Gasteiger partial charge >= 0.3 is 0 Å². The summed E-state index contributed by atoms with van der Waals surface area (Å²) in [7, 11) is 0. The van der Waals surface area contributed by atoms with Crippen molar-refractivity contribution in [1.82, 2.24) is 20.5 Å². The highest BCUT2D eigenvalue weighted by Gasteiger charge is 2.20. The highest BCUT2D eigenvalue weighted by atomic mass is 32.1. The van der Waals surface area contributed by atoms with Crippen molar-refractivity contribution in [3.63, 3.8) is 0 Å². The Morgan fingerprint density at radius 3 is 2.59 bits per heavy atom. The van der Waals surface area contributed by atoms with E-state index in [0.29, 0.717) is 5.69 Å². The Morgan fingerprint density at radius 2 is 1.89 bits per heavy atom. The van der Waals surface area contributed by atoms with E-state index in [1.54, 1.807) is 23.6 Å². The highest BCUT2D eigenvalue weighted by molar-refractivity contribution is 7.15. The molecule has 0 fully saturated rings. The lowest BCUT2D eigenvalue weighted by Crippen LogP contribution is -2.30. The minimum Gasteiger partial charge on any atom is -0.338 e. The number of aromatic nitrogens is 3. The van der Waals surface area contributed by atoms with E-state index in [2.05, 4.69) is 27.4 Å². The van der Waals surface area contributed by atoms with Gasteiger partial charge in [-0.3, -0.25) is 14.9 Å². The molecule has 0 spiro atoms. The van der Waals surface area contributed by atoms with E-state index >= 15 is 0 Å². The number of rotatable bonds is 5. The molecular weight excluding hydrogens is 356 g/mol. The summed E-state index contributed by atoms with van der Waals surface area (Å²) >= 11 is 1.66. The molecule has 0 aliphatic carbocycles. The van der Waals surface area contributed by atoms with Crippen molar-refractivity contribution in [3.8, 4) is 10.6 Å². The first-order chi connectivity index (χ1) is 13.2. The molecule has 1 aromatic carbocycles. The van der Waals surface area contributed by atoms with Gasteiger partial charge in [0.05, 0.1) is 22.3 Å². The molecule has 0 saturated heterocycles. The van der Waals surface area contributed by atoms with Crippen molar-refractivity contribution in [2.24, 2.45) is 0 Å². The SMILES string of the molecule is Cc1ccc(-c2cc(C(=O)N[C@H](c3ccccc3)c3ccccn3)n[nH]2)s1. The summed E-state index contributed by atoms with van der Waals surface area (Å²) in [5.41, 5.74) is 2.94. The Balaban J connectivity index is 1.60. The monoisotopic (exact) mass is 374 g/mol. The Kier molecular flexibility index (Phi) is 4.80. The zero-order valence-electron chi connectivity index (χ0n) is 14.7. The third-order valence-electron chi connectivity index (χ3n) is 4.21. The molecule has 0 radical (unpaired) electrons. The number of hydrogen-bond donors (Lipinski definition) is 2. The molecule has 3 heterocycles. The average molecular weight is 374 g/mol. The number of aromatic amines is 1. The van der Waals surface area contributed by atoms with E-state index in [1.807, 2.05) is 60.7 Å². The van der Waals surface area contributed by atoms with Crippen molar-refractivity contribution >= 4 is 17.2 Å². The molecule has 134 valence electrons. The number of hydrogen-bond acceptors (Lipinski definition) is 4. The van der Waals surface area contributed by atoms with Gasteiger partial charge in [0.15, 0.2) is 5.69 Å². The molecule has 4 rings (SSSR count). The molecule has 2 N–H and O–H groups in total. The summed E-state index contributed by atoms with van der Waals surface area (Å²) in [6.07, 6.45) is 1.73. The van der Waals surface area contributed by atoms with Crippen LogP contribution in [0, 0.1) is 6.92 Å². The second kappa shape index (κ2) is 7.55. The topological polar surface area (TPSA) is 70.7 Å². The number of thiophene rings is 1. The van der Waals surface area contributed by atoms with Crippen LogP contribution < -0.4 is 5.32 Å². The lowest BCUT2D eigenvalue weighted by atomic mass is 10.0. The highest BCUT2D eigenvalue weighted by Crippen LogP contribution is 2.27. The van der Waals surface area contributed by atoms with Crippen LogP contribution in [-0.2, 0) is 0 Å². The van der Waals surface area contributed by atoms with E-state index in [4.69, 9.17) is 0 Å². The number of benzene rings is 1. The fourth-order valence-corrected chi connectivity index (χ4v) is 3.70. The van der Waals surface area contributed by atoms with Crippen molar-refractivity contribution < 1.29 is 4.79 Å². The number of amides is 1. The van der Waals surface area contributed by atoms with Gasteiger partial charge in [-0.1, -0.05) is 36.4 Å². The minimum absolute atomic E-state index is 0.245. The van der Waals surface area contributed by atoms with Gasteiger partial charge in [-0.2, -0.15) is 5.10 Å². The molecule has 0 saturated carbocycles. The van der Waals surface area contributed by atoms with Crippen LogP contribution in [0.2, 0.25) is 0 Å². The lowest BCUT2D eigenvalue weighted by molar-refractivity contribution is 0.0937. The van der Waals surface area contributed by atoms with Gasteiger partial charge in [-0.05, 0) is 42.8 Å². The number of carbonyl (C=O) groups excluding carboxylic acids is 1. The first-order valence-corrected chi connectivity index (χ1v) is 9.41. The molecule has 0 aliphatic heterocycles. The van der Waals surface area contributed by atoms with E-state index in [1.165, 1.54) is 4.88 Å². The van der Waals surface area contributed by atoms with Crippen molar-refractivity contribution in [2.75, 3.05) is 0 Å². The predicted molar refractivity (Wildman–Crippen MR) is 107 cm³/mol. The second-order valence-electron chi connectivity index (χ2n) is 6.15. The van der Waals surface area contributed by atoms with Crippen LogP contribution in [0.3, 0.4) is 0 Å². The van der Waals surface area contributed by atoms with Crippen molar-refractivity contribution in [3.05, 3.63) is 94.8 Å². The fourth-order valence-electron chi connectivity index (χ4n) is 2.87. The lowest BCUT2D eigenvalue weighted by Gasteiger charge is -2.18. The van der Waals surface area contributed by atoms with Gasteiger partial charge in [-0.25, -0.2) is 0 Å². The molecule has 6 heteroatoms. The van der Waals surface area contributed by atoms with E-state index < -0.39 is 0 Å². The maximum Gasteiger partial charge on any atom is 0.272 e. The van der Waals surface area contributed by atoms with Crippen LogP contribution in [0.1, 0.15) is 32.7 Å². The largest absolute Gasteiger partial charge is 0.338 e. The standard InChI is InChI=1S/C21H18N4OS/c1-14-10-11-19(27-14)17-13-18(25-24-17)21(26)23-20(15-7-3-2-4-8-15)16-9-5-6-12-22-16/h2-13,20H,1H3,(H,23,26)(H,24,25)/t20-/m1/s1. The number of nitrogens with one attached hydrogen (secondary N) is 2. The summed E-state index contributed by atoms with van der Waals surface area (Å²) < 4.78 is 0. The van der Waals surface area contributed by atoms with Crippen LogP contribution >= 0.6 is 11.3 Å². The van der Waals surface area contributed by atoms with Crippen molar-refractivity contribution in [1.29, 1.82) is 0 Å². The Morgan fingerprint density at radius 1 is 1.07 bits per heavy atom. The second-order valence-corrected chi connectivity index (χ2v) is 7.44. The zero-order chi connectivity index (χ0) is 18.6. The predicted octanol–water partition coefficient (Wildman–Crippen LogP) is 4.36. The summed E-state index contributed by atoms with van der Waals surface area (Å²) in [4.78, 5) is 19.5. The molecule has 1 atom stereocenters. The van der Waals surface area contributed by atoms with Gasteiger partial charge in [-0.15, -0.1) is 11.3 Å². The van der Waals surface area contributed by atoms with Crippen LogP contribution in [0.15, 0.2) is 72.9 Å². The third-order valence-corrected chi connectivity index (χ3v) is 5.24. The maximum atomic E-state index is 12.8. The summed E-state index contributed by atoms with van der Waals surface area (Å²) in [5.74, 6) is -0.245. The smallest absolute Gasteiger partial charge is 0.272 e. The van der Waals surface area contributed by atoms with E-state index in [0.717, 1.165) is 21.8 Å². The Hall–Kier alpha value is -3.25. The number of carbonyl (C=O) groups is 1. The maximum absolute atomic E-state index is 12.8. The van der Waals surface area contributed by atoms with E-state index in [9.17, 15) is 4.79 Å². The average Bonchev–Trinajstić information content (AvgIpc) is 3.36. The Bertz CT molecular complexity index is 1000. The minimum atomic E-state index is -0.343. The molecular formula is C21H18N4OS. The van der Waals surface area contributed by atoms with Gasteiger partial charge in [0, 0.05) is 11.1 Å². The van der Waals surface area contributed by atoms with E-state index in [-0.39, 0.29) is 11.9 Å². The summed E-state index contributed by atoms with van der Waals surface area (Å²) in [6, 6.07) is 21.0. The molecule has 5 nitrogen and oxygen atoms in total. The zero-order valence-corrected chi connectivity index (χ0v) is 15.5. The third kappa shape index (κ3) is 3.80. The molecule has 0 unspecified atom stereocenters. The first kappa shape index (κ1) is 17.2. The van der Waals surface area contributed by atoms with Crippen molar-refractivity contribution in [2.45, 2.75) is 13.0 Å². The normalized spacial score (nSPS) is 11.9. The fraction of sp³-hybridized carbons (Fsp3) is 0.0952. The van der Waals surface area contributed by atoms with Gasteiger partial charge in [0.1, 0.15) is 0 Å². The van der Waals surface area contributed by atoms with Crippen LogP contribution in [0.25, 0.3) is 10.6 Å². The van der Waals surface area contributed by atoms with Gasteiger partial charge in [0.25, 0.3) is 5.91 Å². The Labute approximate surface area is 161 Å². The van der Waals surface area contributed by atoms with Gasteiger partial charge in [0.2, 0.25) is 0 Å². The molecule has 27 heavy (non-hydrogen) atoms. The molecule has 1 amide bonds. The van der Waals surface area contributed by atoms with Crippen LogP contribution in [-0.4, -0.2) is 21.1 Å². The van der Waals surface area contributed by atoms with Crippen LogP contribution in [0.5, 0.6) is 0 Å². The van der Waals surface area contributed by atoms with Crippen LogP contribution in [0.4, 0.5) is 0 Å². The quantitative estimate of drug-likeness (QED) is 0.545.